The van der Waals surface area contributed by atoms with Crippen molar-refractivity contribution in [1.29, 1.82) is 0 Å². The Morgan fingerprint density at radius 2 is 2.17 bits per heavy atom. The van der Waals surface area contributed by atoms with Gasteiger partial charge in [0.05, 0.1) is 0 Å². The lowest BCUT2D eigenvalue weighted by Gasteiger charge is -2.23. The van der Waals surface area contributed by atoms with Crippen molar-refractivity contribution in [3.8, 4) is 0 Å². The number of hydrogen-bond acceptors (Lipinski definition) is 2. The Balaban J connectivity index is 1.99. The highest BCUT2D eigenvalue weighted by Gasteiger charge is 2.28. The van der Waals surface area contributed by atoms with Crippen LogP contribution in [0, 0.1) is 5.82 Å². The standard InChI is InChI=1S/C15H23FN2/c1-2-3-4-5-8-18-11-12-6-7-13(16)9-14(12)15(18)10-17/h6-7,9,15H,2-5,8,10-11,17H2,1H3. The van der Waals surface area contributed by atoms with Gasteiger partial charge in [0, 0.05) is 19.1 Å². The van der Waals surface area contributed by atoms with Gasteiger partial charge in [-0.2, -0.15) is 0 Å². The van der Waals surface area contributed by atoms with Gasteiger partial charge in [-0.15, -0.1) is 0 Å². The SMILES string of the molecule is CCCCCCN1Cc2ccc(F)cc2C1CN. The minimum absolute atomic E-state index is 0.153. The van der Waals surface area contributed by atoms with Crippen molar-refractivity contribution in [2.24, 2.45) is 5.73 Å². The van der Waals surface area contributed by atoms with Gasteiger partial charge >= 0.3 is 0 Å². The van der Waals surface area contributed by atoms with Crippen molar-refractivity contribution < 1.29 is 4.39 Å². The first kappa shape index (κ1) is 13.5. The number of benzene rings is 1. The van der Waals surface area contributed by atoms with Crippen LogP contribution in [0.3, 0.4) is 0 Å². The lowest BCUT2D eigenvalue weighted by molar-refractivity contribution is 0.215. The number of rotatable bonds is 6. The van der Waals surface area contributed by atoms with Crippen LogP contribution in [0.5, 0.6) is 0 Å². The van der Waals surface area contributed by atoms with Crippen molar-refractivity contribution in [2.75, 3.05) is 13.1 Å². The summed E-state index contributed by atoms with van der Waals surface area (Å²) in [5.41, 5.74) is 8.18. The van der Waals surface area contributed by atoms with Crippen molar-refractivity contribution in [3.05, 3.63) is 35.1 Å². The van der Waals surface area contributed by atoms with Crippen LogP contribution < -0.4 is 5.73 Å². The summed E-state index contributed by atoms with van der Waals surface area (Å²) >= 11 is 0. The molecule has 100 valence electrons. The summed E-state index contributed by atoms with van der Waals surface area (Å²) in [4.78, 5) is 2.39. The molecule has 0 aliphatic carbocycles. The summed E-state index contributed by atoms with van der Waals surface area (Å²) in [6, 6.07) is 5.31. The first-order valence-corrected chi connectivity index (χ1v) is 6.98. The first-order valence-electron chi connectivity index (χ1n) is 6.98. The molecule has 1 aromatic rings. The molecule has 1 atom stereocenters. The third-order valence-corrected chi connectivity index (χ3v) is 3.80. The highest BCUT2D eigenvalue weighted by Crippen LogP contribution is 2.33. The van der Waals surface area contributed by atoms with E-state index in [2.05, 4.69) is 11.8 Å². The van der Waals surface area contributed by atoms with Crippen LogP contribution in [0.2, 0.25) is 0 Å². The molecule has 3 heteroatoms. The quantitative estimate of drug-likeness (QED) is 0.785. The Hall–Kier alpha value is -0.930. The maximum Gasteiger partial charge on any atom is 0.123 e. The molecular formula is C15H23FN2. The molecule has 0 bridgehead atoms. The Bertz CT molecular complexity index is 392. The lowest BCUT2D eigenvalue weighted by Crippen LogP contribution is -2.28. The summed E-state index contributed by atoms with van der Waals surface area (Å²) in [6.45, 7) is 4.78. The normalized spacial score (nSPS) is 19.2. The van der Waals surface area contributed by atoms with Crippen molar-refractivity contribution >= 4 is 0 Å². The van der Waals surface area contributed by atoms with E-state index in [9.17, 15) is 4.39 Å². The third kappa shape index (κ3) is 2.90. The molecule has 0 spiro atoms. The number of nitrogens with two attached hydrogens (primary N) is 1. The zero-order valence-electron chi connectivity index (χ0n) is 11.2. The largest absolute Gasteiger partial charge is 0.329 e. The van der Waals surface area contributed by atoms with Crippen LogP contribution in [-0.2, 0) is 6.54 Å². The average Bonchev–Trinajstić information content (AvgIpc) is 2.71. The van der Waals surface area contributed by atoms with Crippen LogP contribution in [0.1, 0.15) is 49.8 Å². The van der Waals surface area contributed by atoms with Crippen LogP contribution >= 0.6 is 0 Å². The van der Waals surface area contributed by atoms with Crippen LogP contribution in [-0.4, -0.2) is 18.0 Å². The smallest absolute Gasteiger partial charge is 0.123 e. The van der Waals surface area contributed by atoms with E-state index in [-0.39, 0.29) is 11.9 Å². The molecule has 1 aliphatic heterocycles. The number of halogens is 1. The molecule has 0 aromatic heterocycles. The van der Waals surface area contributed by atoms with E-state index in [1.54, 1.807) is 12.1 Å². The Kier molecular flexibility index (Phi) is 4.72. The number of fused-ring (bicyclic) bond motifs is 1. The van der Waals surface area contributed by atoms with E-state index in [4.69, 9.17) is 5.73 Å². The fourth-order valence-electron chi connectivity index (χ4n) is 2.80. The molecule has 0 saturated carbocycles. The summed E-state index contributed by atoms with van der Waals surface area (Å²) < 4.78 is 13.3. The first-order chi connectivity index (χ1) is 8.76. The van der Waals surface area contributed by atoms with E-state index >= 15 is 0 Å². The molecule has 1 aliphatic rings. The van der Waals surface area contributed by atoms with Crippen molar-refractivity contribution in [2.45, 2.75) is 45.2 Å². The van der Waals surface area contributed by atoms with Gasteiger partial charge in [-0.05, 0) is 36.2 Å². The highest BCUT2D eigenvalue weighted by atomic mass is 19.1. The molecule has 0 saturated heterocycles. The van der Waals surface area contributed by atoms with Gasteiger partial charge in [0.15, 0.2) is 0 Å². The summed E-state index contributed by atoms with van der Waals surface area (Å²) in [5.74, 6) is -0.153. The molecule has 2 rings (SSSR count). The van der Waals surface area contributed by atoms with Gasteiger partial charge in [-0.3, -0.25) is 4.90 Å². The maximum atomic E-state index is 13.3. The Labute approximate surface area is 109 Å². The molecule has 18 heavy (non-hydrogen) atoms. The van der Waals surface area contributed by atoms with Crippen LogP contribution in [0.25, 0.3) is 0 Å². The van der Waals surface area contributed by atoms with Crippen molar-refractivity contribution in [1.82, 2.24) is 4.90 Å². The van der Waals surface area contributed by atoms with E-state index in [1.165, 1.54) is 31.2 Å². The molecule has 1 unspecified atom stereocenters. The van der Waals surface area contributed by atoms with Gasteiger partial charge in [-0.25, -0.2) is 4.39 Å². The van der Waals surface area contributed by atoms with Crippen LogP contribution in [0.15, 0.2) is 18.2 Å². The van der Waals surface area contributed by atoms with E-state index < -0.39 is 0 Å². The van der Waals surface area contributed by atoms with Gasteiger partial charge in [0.1, 0.15) is 5.82 Å². The average molecular weight is 250 g/mol. The van der Waals surface area contributed by atoms with Crippen molar-refractivity contribution in [3.63, 3.8) is 0 Å². The minimum atomic E-state index is -0.153. The topological polar surface area (TPSA) is 29.3 Å². The van der Waals surface area contributed by atoms with Crippen LogP contribution in [0.4, 0.5) is 4.39 Å². The summed E-state index contributed by atoms with van der Waals surface area (Å²) in [6.07, 6.45) is 5.03. The Morgan fingerprint density at radius 1 is 1.33 bits per heavy atom. The summed E-state index contributed by atoms with van der Waals surface area (Å²) in [7, 11) is 0. The lowest BCUT2D eigenvalue weighted by atomic mass is 10.0. The molecule has 1 aromatic carbocycles. The van der Waals surface area contributed by atoms with Gasteiger partial charge in [-0.1, -0.05) is 32.3 Å². The fraction of sp³-hybridized carbons (Fsp3) is 0.600. The minimum Gasteiger partial charge on any atom is -0.329 e. The molecule has 2 nitrogen and oxygen atoms in total. The molecule has 1 heterocycles. The number of nitrogens with zero attached hydrogens (tertiary/aromatic N) is 1. The number of unbranched alkanes of at least 4 members (excludes halogenated alkanes) is 3. The fourth-order valence-corrected chi connectivity index (χ4v) is 2.80. The molecule has 2 N–H and O–H groups in total. The second kappa shape index (κ2) is 6.30. The summed E-state index contributed by atoms with van der Waals surface area (Å²) in [5, 5.41) is 0. The van der Waals surface area contributed by atoms with Gasteiger partial charge in [0.25, 0.3) is 0 Å². The van der Waals surface area contributed by atoms with E-state index in [0.29, 0.717) is 6.54 Å². The van der Waals surface area contributed by atoms with E-state index in [0.717, 1.165) is 18.7 Å². The molecular weight excluding hydrogens is 227 g/mol. The molecule has 0 radical (unpaired) electrons. The zero-order valence-corrected chi connectivity index (χ0v) is 11.2. The monoisotopic (exact) mass is 250 g/mol. The Morgan fingerprint density at radius 3 is 2.89 bits per heavy atom. The number of hydrogen-bond donors (Lipinski definition) is 1. The maximum absolute atomic E-state index is 13.3. The van der Waals surface area contributed by atoms with Gasteiger partial charge < -0.3 is 5.73 Å². The molecule has 0 fully saturated rings. The second-order valence-electron chi connectivity index (χ2n) is 5.13. The second-order valence-corrected chi connectivity index (χ2v) is 5.13. The zero-order chi connectivity index (χ0) is 13.0. The van der Waals surface area contributed by atoms with E-state index in [1.807, 2.05) is 6.07 Å². The molecule has 0 amide bonds. The third-order valence-electron chi connectivity index (χ3n) is 3.80. The predicted molar refractivity (Wildman–Crippen MR) is 72.7 cm³/mol. The van der Waals surface area contributed by atoms with Gasteiger partial charge in [0.2, 0.25) is 0 Å². The highest BCUT2D eigenvalue weighted by molar-refractivity contribution is 5.34. The predicted octanol–water partition coefficient (Wildman–Crippen LogP) is 3.22.